The first kappa shape index (κ1) is 23.0. The Kier molecular flexibility index (Phi) is 7.44. The zero-order valence-corrected chi connectivity index (χ0v) is 19.9. The van der Waals surface area contributed by atoms with Crippen LogP contribution in [-0.2, 0) is 17.8 Å². The Labute approximate surface area is 199 Å². The van der Waals surface area contributed by atoms with Crippen molar-refractivity contribution in [1.82, 2.24) is 19.7 Å². The Hall–Kier alpha value is -3.13. The third-order valence-electron chi connectivity index (χ3n) is 6.03. The number of H-pyrrole nitrogens is 1. The number of aromatic amines is 1. The summed E-state index contributed by atoms with van der Waals surface area (Å²) in [5, 5.41) is 7.26. The minimum atomic E-state index is 0.154. The number of aromatic nitrogens is 3. The predicted molar refractivity (Wildman–Crippen MR) is 130 cm³/mol. The molecular formula is C25H30N4O3S. The number of nitrogens with one attached hydrogen (secondary N) is 1. The van der Waals surface area contributed by atoms with Crippen LogP contribution in [0, 0.1) is 4.77 Å². The molecule has 0 aliphatic carbocycles. The van der Waals surface area contributed by atoms with E-state index >= 15 is 0 Å². The smallest absolute Gasteiger partial charge is 0.224 e. The second-order valence-corrected chi connectivity index (χ2v) is 8.54. The number of benzene rings is 2. The van der Waals surface area contributed by atoms with Crippen molar-refractivity contribution in [2.75, 3.05) is 20.3 Å². The van der Waals surface area contributed by atoms with E-state index in [2.05, 4.69) is 22.3 Å². The minimum Gasteiger partial charge on any atom is -0.497 e. The average molecular weight is 467 g/mol. The molecule has 7 nitrogen and oxygen atoms in total. The number of ether oxygens (including phenoxy) is 2. The molecule has 4 rings (SSSR count). The Balaban J connectivity index is 1.42. The van der Waals surface area contributed by atoms with Crippen LogP contribution >= 0.6 is 12.2 Å². The largest absolute Gasteiger partial charge is 0.497 e. The maximum atomic E-state index is 13.1. The van der Waals surface area contributed by atoms with Gasteiger partial charge in [0.15, 0.2) is 10.6 Å². The highest BCUT2D eigenvalue weighted by molar-refractivity contribution is 7.71. The lowest BCUT2D eigenvalue weighted by Gasteiger charge is -2.25. The summed E-state index contributed by atoms with van der Waals surface area (Å²) in [6.07, 6.45) is 3.27. The summed E-state index contributed by atoms with van der Waals surface area (Å²) in [4.78, 5) is 15.2. The fourth-order valence-corrected chi connectivity index (χ4v) is 4.63. The monoisotopic (exact) mass is 466 g/mol. The summed E-state index contributed by atoms with van der Waals surface area (Å²) in [6, 6.07) is 16.0. The summed E-state index contributed by atoms with van der Waals surface area (Å²) in [6.45, 7) is 3.86. The third kappa shape index (κ3) is 5.45. The Morgan fingerprint density at radius 2 is 2.03 bits per heavy atom. The number of nitrogens with zero attached hydrogens (tertiary/aromatic N) is 3. The Morgan fingerprint density at radius 1 is 1.21 bits per heavy atom. The molecule has 1 saturated heterocycles. The third-order valence-corrected chi connectivity index (χ3v) is 6.35. The van der Waals surface area contributed by atoms with Crippen LogP contribution in [0.5, 0.6) is 11.5 Å². The normalized spacial score (nSPS) is 15.6. The minimum absolute atomic E-state index is 0.154. The van der Waals surface area contributed by atoms with E-state index in [1.165, 1.54) is 5.56 Å². The summed E-state index contributed by atoms with van der Waals surface area (Å²) in [7, 11) is 1.67. The molecule has 0 radical (unpaired) electrons. The molecule has 3 aromatic rings. The van der Waals surface area contributed by atoms with Gasteiger partial charge in [0.05, 0.1) is 13.7 Å². The molecule has 174 valence electrons. The van der Waals surface area contributed by atoms with Gasteiger partial charge in [-0.25, -0.2) is 0 Å². The van der Waals surface area contributed by atoms with E-state index in [1.54, 1.807) is 7.11 Å². The molecule has 0 saturated carbocycles. The van der Waals surface area contributed by atoms with Crippen molar-refractivity contribution in [3.8, 4) is 22.9 Å². The van der Waals surface area contributed by atoms with E-state index in [1.807, 2.05) is 52.8 Å². The lowest BCUT2D eigenvalue weighted by Crippen LogP contribution is -2.37. The number of methoxy groups -OCH3 is 1. The first-order chi connectivity index (χ1) is 16.1. The van der Waals surface area contributed by atoms with Gasteiger partial charge < -0.3 is 14.4 Å². The highest BCUT2D eigenvalue weighted by Crippen LogP contribution is 2.25. The number of likely N-dealkylation sites (tertiary alicyclic amines) is 1. The summed E-state index contributed by atoms with van der Waals surface area (Å²) >= 11 is 5.44. The van der Waals surface area contributed by atoms with Crippen molar-refractivity contribution in [1.29, 1.82) is 0 Å². The van der Waals surface area contributed by atoms with Gasteiger partial charge in [0.25, 0.3) is 0 Å². The zero-order chi connectivity index (χ0) is 23.2. The van der Waals surface area contributed by atoms with Crippen LogP contribution in [0.4, 0.5) is 0 Å². The molecule has 1 N–H and O–H groups in total. The molecule has 1 aliphatic heterocycles. The molecule has 2 heterocycles. The van der Waals surface area contributed by atoms with Crippen LogP contribution in [0.2, 0.25) is 0 Å². The van der Waals surface area contributed by atoms with Crippen molar-refractivity contribution in [3.05, 3.63) is 58.9 Å². The molecule has 33 heavy (non-hydrogen) atoms. The van der Waals surface area contributed by atoms with E-state index in [4.69, 9.17) is 21.7 Å². The standard InChI is InChI=1S/C25H30N4O3S/c1-3-32-21-11-9-19(10-12-21)24-26-27-25(33)29(24)15-13-23(30)28-14-5-7-20(28)16-18-6-4-8-22(17-18)31-2/h4,6,8-12,17,20H,3,5,7,13-16H2,1-2H3,(H,27,33). The number of hydrogen-bond acceptors (Lipinski definition) is 5. The quantitative estimate of drug-likeness (QED) is 0.465. The fraction of sp³-hybridized carbons (Fsp3) is 0.400. The molecular weight excluding hydrogens is 436 g/mol. The van der Waals surface area contributed by atoms with E-state index in [0.717, 1.165) is 48.7 Å². The van der Waals surface area contributed by atoms with Crippen LogP contribution < -0.4 is 9.47 Å². The highest BCUT2D eigenvalue weighted by Gasteiger charge is 2.28. The van der Waals surface area contributed by atoms with Crippen molar-refractivity contribution in [2.24, 2.45) is 0 Å². The maximum absolute atomic E-state index is 13.1. The number of hydrogen-bond donors (Lipinski definition) is 1. The van der Waals surface area contributed by atoms with Crippen LogP contribution in [0.1, 0.15) is 31.7 Å². The number of carbonyl (C=O) groups is 1. The summed E-state index contributed by atoms with van der Waals surface area (Å²) in [5.74, 6) is 2.54. The number of rotatable bonds is 9. The maximum Gasteiger partial charge on any atom is 0.224 e. The van der Waals surface area contributed by atoms with E-state index in [-0.39, 0.29) is 11.9 Å². The van der Waals surface area contributed by atoms with Gasteiger partial charge in [-0.05, 0) is 80.4 Å². The summed E-state index contributed by atoms with van der Waals surface area (Å²) in [5.41, 5.74) is 2.12. The lowest BCUT2D eigenvalue weighted by atomic mass is 10.0. The number of carbonyl (C=O) groups excluding carboxylic acids is 1. The molecule has 1 unspecified atom stereocenters. The van der Waals surface area contributed by atoms with Crippen LogP contribution in [-0.4, -0.2) is 51.9 Å². The second kappa shape index (κ2) is 10.7. The van der Waals surface area contributed by atoms with Gasteiger partial charge in [0.2, 0.25) is 5.91 Å². The molecule has 1 fully saturated rings. The van der Waals surface area contributed by atoms with Crippen LogP contribution in [0.25, 0.3) is 11.4 Å². The van der Waals surface area contributed by atoms with Crippen molar-refractivity contribution < 1.29 is 14.3 Å². The van der Waals surface area contributed by atoms with E-state index < -0.39 is 0 Å². The van der Waals surface area contributed by atoms with Crippen molar-refractivity contribution >= 4 is 18.1 Å². The van der Waals surface area contributed by atoms with Crippen LogP contribution in [0.3, 0.4) is 0 Å². The zero-order valence-electron chi connectivity index (χ0n) is 19.1. The first-order valence-corrected chi connectivity index (χ1v) is 11.8. The Morgan fingerprint density at radius 3 is 2.79 bits per heavy atom. The van der Waals surface area contributed by atoms with E-state index in [9.17, 15) is 4.79 Å². The van der Waals surface area contributed by atoms with E-state index in [0.29, 0.717) is 24.3 Å². The topological polar surface area (TPSA) is 72.4 Å². The lowest BCUT2D eigenvalue weighted by molar-refractivity contribution is -0.132. The highest BCUT2D eigenvalue weighted by atomic mass is 32.1. The van der Waals surface area contributed by atoms with Gasteiger partial charge in [-0.1, -0.05) is 12.1 Å². The first-order valence-electron chi connectivity index (χ1n) is 11.4. The van der Waals surface area contributed by atoms with Crippen molar-refractivity contribution in [3.63, 3.8) is 0 Å². The molecule has 8 heteroatoms. The Bertz CT molecular complexity index is 1140. The molecule has 1 atom stereocenters. The van der Waals surface area contributed by atoms with Crippen molar-refractivity contribution in [2.45, 2.75) is 45.2 Å². The van der Waals surface area contributed by atoms with Gasteiger partial charge in [0.1, 0.15) is 11.5 Å². The van der Waals surface area contributed by atoms with Gasteiger partial charge in [-0.3, -0.25) is 14.5 Å². The average Bonchev–Trinajstić information content (AvgIpc) is 3.45. The molecule has 1 aliphatic rings. The molecule has 1 aromatic heterocycles. The summed E-state index contributed by atoms with van der Waals surface area (Å²) < 4.78 is 13.3. The van der Waals surface area contributed by atoms with Gasteiger partial charge in [-0.15, -0.1) is 0 Å². The second-order valence-electron chi connectivity index (χ2n) is 8.15. The molecule has 0 spiro atoms. The molecule has 1 amide bonds. The fourth-order valence-electron chi connectivity index (χ4n) is 4.41. The molecule has 0 bridgehead atoms. The van der Waals surface area contributed by atoms with Crippen LogP contribution in [0.15, 0.2) is 48.5 Å². The van der Waals surface area contributed by atoms with Gasteiger partial charge >= 0.3 is 0 Å². The van der Waals surface area contributed by atoms with Gasteiger partial charge in [0, 0.05) is 31.1 Å². The van der Waals surface area contributed by atoms with Gasteiger partial charge in [-0.2, -0.15) is 5.10 Å². The predicted octanol–water partition coefficient (Wildman–Crippen LogP) is 4.64. The molecule has 2 aromatic carbocycles. The number of amides is 1. The SMILES string of the molecule is CCOc1ccc(-c2n[nH]c(=S)n2CCC(=O)N2CCCC2Cc2cccc(OC)c2)cc1.